The van der Waals surface area contributed by atoms with Gasteiger partial charge in [0.2, 0.25) is 0 Å². The number of rotatable bonds is 18. The molecule has 5 aromatic rings. The second kappa shape index (κ2) is 15.3. The quantitative estimate of drug-likeness (QED) is 0.0644. The molecule has 4 nitrogen and oxygen atoms in total. The second-order valence-corrected chi connectivity index (χ2v) is 16.5. The summed E-state index contributed by atoms with van der Waals surface area (Å²) in [6.07, 6.45) is 21.5. The Morgan fingerprint density at radius 2 is 1.08 bits per heavy atom. The fourth-order valence-electron chi connectivity index (χ4n) is 8.76. The Morgan fingerprint density at radius 1 is 0.562 bits per heavy atom. The predicted octanol–water partition coefficient (Wildman–Crippen LogP) is 10.9. The van der Waals surface area contributed by atoms with Crippen LogP contribution in [0, 0.1) is 11.6 Å². The summed E-state index contributed by atoms with van der Waals surface area (Å²) in [7, 11) is 0. The Hall–Kier alpha value is -2.24. The van der Waals surface area contributed by atoms with Crippen molar-refractivity contribution in [3.8, 4) is 22.3 Å². The molecule has 0 N–H and O–H groups in total. The number of halogens is 2. The van der Waals surface area contributed by atoms with Crippen LogP contribution in [0.5, 0.6) is 0 Å². The van der Waals surface area contributed by atoms with Gasteiger partial charge in [-0.1, -0.05) is 39.5 Å². The van der Waals surface area contributed by atoms with Crippen LogP contribution in [0.1, 0.15) is 152 Å². The Labute approximate surface area is 297 Å². The van der Waals surface area contributed by atoms with Crippen LogP contribution in [-0.2, 0) is 11.8 Å². The molecule has 0 saturated carbocycles. The maximum absolute atomic E-state index is 17.8. The van der Waals surface area contributed by atoms with E-state index in [1.807, 2.05) is 12.1 Å². The third-order valence-electron chi connectivity index (χ3n) is 11.2. The van der Waals surface area contributed by atoms with Crippen molar-refractivity contribution < 1.29 is 8.78 Å². The van der Waals surface area contributed by atoms with Crippen LogP contribution in [-0.4, -0.2) is 45.8 Å². The second-order valence-electron chi connectivity index (χ2n) is 14.3. The average molecular weight is 781 g/mol. The Balaban J connectivity index is 1.30. The van der Waals surface area contributed by atoms with E-state index in [1.54, 1.807) is 0 Å². The molecular formula is C40H48F2N4Se2. The summed E-state index contributed by atoms with van der Waals surface area (Å²) < 4.78 is 54.1. The molecule has 0 amide bonds. The summed E-state index contributed by atoms with van der Waals surface area (Å²) in [6.45, 7) is 4.52. The number of fused-ring (bicyclic) bond motifs is 10. The molecule has 2 aliphatic rings. The van der Waals surface area contributed by atoms with Gasteiger partial charge >= 0.3 is 259 Å². The van der Waals surface area contributed by atoms with E-state index < -0.39 is 5.41 Å². The van der Waals surface area contributed by atoms with Gasteiger partial charge in [-0.15, -0.1) is 0 Å². The van der Waals surface area contributed by atoms with Gasteiger partial charge < -0.3 is 0 Å². The maximum atomic E-state index is 17.8. The average Bonchev–Trinajstić information content (AvgIpc) is 3.89. The molecule has 2 heterocycles. The molecule has 254 valence electrons. The summed E-state index contributed by atoms with van der Waals surface area (Å²) >= 11 is -0.500. The van der Waals surface area contributed by atoms with Crippen LogP contribution < -0.4 is 0 Å². The van der Waals surface area contributed by atoms with E-state index in [0.717, 1.165) is 82.8 Å². The van der Waals surface area contributed by atoms with Gasteiger partial charge in [0, 0.05) is 0 Å². The Morgan fingerprint density at radius 3 is 1.67 bits per heavy atom. The molecule has 3 aromatic carbocycles. The summed E-state index contributed by atoms with van der Waals surface area (Å²) in [4.78, 5) is 0. The van der Waals surface area contributed by atoms with Crippen molar-refractivity contribution in [3.63, 3.8) is 0 Å². The van der Waals surface area contributed by atoms with Gasteiger partial charge in [-0.2, -0.15) is 0 Å². The first-order valence-corrected chi connectivity index (χ1v) is 21.7. The predicted molar refractivity (Wildman–Crippen MR) is 195 cm³/mol. The van der Waals surface area contributed by atoms with Crippen LogP contribution in [0.25, 0.3) is 44.3 Å². The third-order valence-corrected chi connectivity index (χ3v) is 13.5. The Bertz CT molecular complexity index is 1870. The van der Waals surface area contributed by atoms with Gasteiger partial charge in [-0.3, -0.25) is 0 Å². The summed E-state index contributed by atoms with van der Waals surface area (Å²) in [5.74, 6) is -0.488. The van der Waals surface area contributed by atoms with Gasteiger partial charge in [0.1, 0.15) is 0 Å². The summed E-state index contributed by atoms with van der Waals surface area (Å²) in [5, 5.41) is 0. The number of aromatic nitrogens is 4. The molecule has 2 aliphatic carbocycles. The van der Waals surface area contributed by atoms with E-state index in [0.29, 0.717) is 28.7 Å². The number of benzene rings is 3. The number of hydrogen-bond acceptors (Lipinski definition) is 4. The minimum atomic E-state index is -0.582. The molecule has 0 unspecified atom stereocenters. The molecule has 0 radical (unpaired) electrons. The van der Waals surface area contributed by atoms with Gasteiger partial charge in [0.05, 0.1) is 0 Å². The van der Waals surface area contributed by atoms with E-state index in [1.165, 1.54) is 77.0 Å². The minimum absolute atomic E-state index is 0.229. The molecule has 0 spiro atoms. The monoisotopic (exact) mass is 782 g/mol. The first kappa shape index (κ1) is 34.2. The number of unbranched alkanes of at least 4 members (excludes halogenated alkanes) is 14. The molecule has 0 fully saturated rings. The first-order valence-electron chi connectivity index (χ1n) is 18.7. The van der Waals surface area contributed by atoms with Gasteiger partial charge in [0.25, 0.3) is 0 Å². The zero-order chi connectivity index (χ0) is 33.1. The molecule has 0 saturated heterocycles. The molecule has 7 rings (SSSR count). The fourth-order valence-corrected chi connectivity index (χ4v) is 11.0. The van der Waals surface area contributed by atoms with Crippen molar-refractivity contribution >= 4 is 52.0 Å². The molecule has 8 heteroatoms. The first-order chi connectivity index (χ1) is 23.6. The summed E-state index contributed by atoms with van der Waals surface area (Å²) in [6, 6.07) is 8.22. The van der Waals surface area contributed by atoms with Gasteiger partial charge in [-0.25, -0.2) is 0 Å². The molecule has 0 aliphatic heterocycles. The van der Waals surface area contributed by atoms with E-state index in [-0.39, 0.29) is 41.6 Å². The summed E-state index contributed by atoms with van der Waals surface area (Å²) in [5.41, 5.74) is 8.25. The van der Waals surface area contributed by atoms with Gasteiger partial charge in [0.15, 0.2) is 0 Å². The van der Waals surface area contributed by atoms with Crippen LogP contribution in [0.3, 0.4) is 0 Å². The zero-order valence-corrected chi connectivity index (χ0v) is 32.0. The Kier molecular flexibility index (Phi) is 10.9. The van der Waals surface area contributed by atoms with Crippen molar-refractivity contribution in [1.82, 2.24) is 15.9 Å². The molecule has 0 atom stereocenters. The molecule has 0 bridgehead atoms. The molecule has 48 heavy (non-hydrogen) atoms. The normalized spacial score (nSPS) is 14.2. The topological polar surface area (TPSA) is 51.6 Å². The van der Waals surface area contributed by atoms with Crippen LogP contribution in [0.4, 0.5) is 8.78 Å². The standard InChI is InChI=1S/C40H48F2N4Se2/c1-3-5-7-9-11-13-15-17-23-40(24-18-16-14-12-10-8-6-4-2)28-20-22-30-39(46-48-44-30)33(28)34-35(40)37(42)32-27(36(34)41)25-26-19-21-29-38(31(26)32)45-47-43-29/h19-22H,3-18,23-25H2,1-2H3. The SMILES string of the molecule is CCCCCCCCCCC1(CCCCCCCCCC)c2ccc3n[se]nc3c2-c2c(F)c3c(c(F)c21)-c1c(ccc2n[se]nc12)C3. The van der Waals surface area contributed by atoms with E-state index in [2.05, 4.69) is 33.9 Å². The van der Waals surface area contributed by atoms with Crippen molar-refractivity contribution in [2.75, 3.05) is 0 Å². The molecular weight excluding hydrogens is 732 g/mol. The van der Waals surface area contributed by atoms with Crippen molar-refractivity contribution in [1.29, 1.82) is 0 Å². The van der Waals surface area contributed by atoms with E-state index in [4.69, 9.17) is 7.96 Å². The van der Waals surface area contributed by atoms with Crippen molar-refractivity contribution in [2.45, 2.75) is 141 Å². The van der Waals surface area contributed by atoms with Crippen molar-refractivity contribution in [3.05, 3.63) is 58.2 Å². The number of nitrogens with zero attached hydrogens (tertiary/aromatic N) is 4. The van der Waals surface area contributed by atoms with Crippen molar-refractivity contribution in [2.24, 2.45) is 0 Å². The molecule has 2 aromatic heterocycles. The zero-order valence-electron chi connectivity index (χ0n) is 28.6. The van der Waals surface area contributed by atoms with Crippen LogP contribution >= 0.6 is 0 Å². The third kappa shape index (κ3) is 6.18. The fraction of sp³-hybridized carbons (Fsp3) is 0.550. The van der Waals surface area contributed by atoms with Crippen LogP contribution in [0.2, 0.25) is 0 Å². The number of hydrogen-bond donors (Lipinski definition) is 0. The van der Waals surface area contributed by atoms with Gasteiger partial charge in [-0.05, 0) is 0 Å². The van der Waals surface area contributed by atoms with E-state index in [9.17, 15) is 0 Å². The van der Waals surface area contributed by atoms with E-state index >= 15 is 8.78 Å². The van der Waals surface area contributed by atoms with Crippen LogP contribution in [0.15, 0.2) is 24.3 Å².